The van der Waals surface area contributed by atoms with E-state index in [1.54, 1.807) is 0 Å². The Balaban J connectivity index is 1.89. The number of aromatic amines is 1. The SMILES string of the molecule is Brc1ccc(-n2cc(-c3ccccc3)c(-c3ncn[nH]3)c2)cc1. The average Bonchev–Trinajstić information content (AvgIpc) is 3.26. The van der Waals surface area contributed by atoms with E-state index in [2.05, 4.69) is 72.3 Å². The van der Waals surface area contributed by atoms with E-state index in [0.717, 1.165) is 32.7 Å². The van der Waals surface area contributed by atoms with Crippen LogP contribution in [-0.4, -0.2) is 19.7 Å². The minimum absolute atomic E-state index is 0.764. The zero-order valence-electron chi connectivity index (χ0n) is 12.1. The first-order valence-electron chi connectivity index (χ1n) is 7.20. The molecule has 1 N–H and O–H groups in total. The molecule has 0 saturated carbocycles. The van der Waals surface area contributed by atoms with Gasteiger partial charge in [-0.05, 0) is 29.8 Å². The molecule has 0 amide bonds. The molecule has 0 aliphatic heterocycles. The van der Waals surface area contributed by atoms with Crippen LogP contribution >= 0.6 is 15.9 Å². The Hall–Kier alpha value is -2.66. The summed E-state index contributed by atoms with van der Waals surface area (Å²) in [5.41, 5.74) is 4.38. The Bertz CT molecular complexity index is 910. The number of hydrogen-bond acceptors (Lipinski definition) is 2. The predicted octanol–water partition coefficient (Wildman–Crippen LogP) is 4.69. The van der Waals surface area contributed by atoms with Gasteiger partial charge in [-0.15, -0.1) is 0 Å². The Labute approximate surface area is 142 Å². The fraction of sp³-hybridized carbons (Fsp3) is 0. The molecule has 0 saturated heterocycles. The van der Waals surface area contributed by atoms with Crippen LogP contribution in [0.2, 0.25) is 0 Å². The normalized spacial score (nSPS) is 10.8. The van der Waals surface area contributed by atoms with Gasteiger partial charge in [0.1, 0.15) is 6.33 Å². The second kappa shape index (κ2) is 5.85. The molecule has 0 aliphatic rings. The van der Waals surface area contributed by atoms with Crippen LogP contribution < -0.4 is 0 Å². The smallest absolute Gasteiger partial charge is 0.157 e. The fourth-order valence-electron chi connectivity index (χ4n) is 2.59. The fourth-order valence-corrected chi connectivity index (χ4v) is 2.85. The van der Waals surface area contributed by atoms with Crippen molar-refractivity contribution in [1.29, 1.82) is 0 Å². The number of aromatic nitrogens is 4. The molecule has 2 heterocycles. The molecule has 0 fully saturated rings. The van der Waals surface area contributed by atoms with Crippen molar-refractivity contribution in [2.24, 2.45) is 0 Å². The highest BCUT2D eigenvalue weighted by Crippen LogP contribution is 2.32. The second-order valence-corrected chi connectivity index (χ2v) is 6.09. The molecule has 0 atom stereocenters. The van der Waals surface area contributed by atoms with Crippen molar-refractivity contribution in [3.63, 3.8) is 0 Å². The van der Waals surface area contributed by atoms with Gasteiger partial charge in [0.05, 0.1) is 0 Å². The van der Waals surface area contributed by atoms with E-state index in [9.17, 15) is 0 Å². The summed E-state index contributed by atoms with van der Waals surface area (Å²) in [5.74, 6) is 0.764. The topological polar surface area (TPSA) is 46.5 Å². The largest absolute Gasteiger partial charge is 0.322 e. The van der Waals surface area contributed by atoms with Gasteiger partial charge in [-0.1, -0.05) is 46.3 Å². The van der Waals surface area contributed by atoms with Crippen LogP contribution in [0.15, 0.2) is 77.8 Å². The quantitative estimate of drug-likeness (QED) is 0.573. The van der Waals surface area contributed by atoms with Crippen molar-refractivity contribution < 1.29 is 0 Å². The van der Waals surface area contributed by atoms with E-state index >= 15 is 0 Å². The molecule has 2 aromatic heterocycles. The summed E-state index contributed by atoms with van der Waals surface area (Å²) in [5, 5.41) is 6.93. The summed E-state index contributed by atoms with van der Waals surface area (Å²) < 4.78 is 3.17. The first kappa shape index (κ1) is 14.0. The number of nitrogens with zero attached hydrogens (tertiary/aromatic N) is 3. The molecule has 5 heteroatoms. The minimum atomic E-state index is 0.764. The van der Waals surface area contributed by atoms with Crippen LogP contribution in [0.25, 0.3) is 28.2 Å². The Morgan fingerprint density at radius 1 is 0.870 bits per heavy atom. The number of halogens is 1. The number of nitrogens with one attached hydrogen (secondary N) is 1. The van der Waals surface area contributed by atoms with Crippen molar-refractivity contribution in [2.75, 3.05) is 0 Å². The summed E-state index contributed by atoms with van der Waals surface area (Å²) >= 11 is 3.47. The maximum atomic E-state index is 4.31. The van der Waals surface area contributed by atoms with Gasteiger partial charge in [0.15, 0.2) is 5.82 Å². The predicted molar refractivity (Wildman–Crippen MR) is 94.3 cm³/mol. The van der Waals surface area contributed by atoms with E-state index in [0.29, 0.717) is 0 Å². The summed E-state index contributed by atoms with van der Waals surface area (Å²) in [6, 6.07) is 18.5. The average molecular weight is 365 g/mol. The zero-order chi connectivity index (χ0) is 15.6. The van der Waals surface area contributed by atoms with E-state index in [4.69, 9.17) is 0 Å². The molecule has 112 valence electrons. The van der Waals surface area contributed by atoms with Crippen LogP contribution in [0.4, 0.5) is 0 Å². The standard InChI is InChI=1S/C18H13BrN4/c19-14-6-8-15(9-7-14)23-10-16(13-4-2-1-3-5-13)17(11-23)18-20-12-21-22-18/h1-12H,(H,20,21,22). The molecule has 0 bridgehead atoms. The lowest BCUT2D eigenvalue weighted by Gasteiger charge is -2.02. The molecular weight excluding hydrogens is 352 g/mol. The molecule has 4 rings (SSSR count). The Morgan fingerprint density at radius 2 is 1.61 bits per heavy atom. The highest BCUT2D eigenvalue weighted by molar-refractivity contribution is 9.10. The van der Waals surface area contributed by atoms with Gasteiger partial charge in [0, 0.05) is 33.7 Å². The summed E-state index contributed by atoms with van der Waals surface area (Å²) in [6.45, 7) is 0. The molecule has 0 spiro atoms. The molecule has 0 aliphatic carbocycles. The van der Waals surface area contributed by atoms with Crippen LogP contribution in [0.3, 0.4) is 0 Å². The van der Waals surface area contributed by atoms with Crippen LogP contribution in [-0.2, 0) is 0 Å². The van der Waals surface area contributed by atoms with Crippen molar-refractivity contribution in [2.45, 2.75) is 0 Å². The molecule has 4 aromatic rings. The number of H-pyrrole nitrogens is 1. The van der Waals surface area contributed by atoms with E-state index in [1.807, 2.05) is 30.3 Å². The highest BCUT2D eigenvalue weighted by atomic mass is 79.9. The lowest BCUT2D eigenvalue weighted by atomic mass is 10.0. The van der Waals surface area contributed by atoms with Gasteiger partial charge in [0.2, 0.25) is 0 Å². The summed E-state index contributed by atoms with van der Waals surface area (Å²) in [4.78, 5) is 4.31. The lowest BCUT2D eigenvalue weighted by Crippen LogP contribution is -1.88. The molecule has 0 unspecified atom stereocenters. The van der Waals surface area contributed by atoms with Crippen molar-refractivity contribution >= 4 is 15.9 Å². The third kappa shape index (κ3) is 2.71. The van der Waals surface area contributed by atoms with Crippen molar-refractivity contribution in [3.05, 3.63) is 77.8 Å². The lowest BCUT2D eigenvalue weighted by molar-refractivity contribution is 1.07. The van der Waals surface area contributed by atoms with E-state index in [1.165, 1.54) is 6.33 Å². The second-order valence-electron chi connectivity index (χ2n) is 5.17. The van der Waals surface area contributed by atoms with Gasteiger partial charge in [-0.3, -0.25) is 5.10 Å². The molecule has 0 radical (unpaired) electrons. The van der Waals surface area contributed by atoms with Crippen molar-refractivity contribution in [3.8, 4) is 28.2 Å². The van der Waals surface area contributed by atoms with Gasteiger partial charge in [-0.25, -0.2) is 4.98 Å². The number of benzene rings is 2. The van der Waals surface area contributed by atoms with Crippen LogP contribution in [0.1, 0.15) is 0 Å². The third-order valence-corrected chi connectivity index (χ3v) is 4.23. The van der Waals surface area contributed by atoms with E-state index in [-0.39, 0.29) is 0 Å². The minimum Gasteiger partial charge on any atom is -0.322 e. The van der Waals surface area contributed by atoms with Crippen LogP contribution in [0.5, 0.6) is 0 Å². The van der Waals surface area contributed by atoms with Gasteiger partial charge in [0.25, 0.3) is 0 Å². The van der Waals surface area contributed by atoms with Crippen molar-refractivity contribution in [1.82, 2.24) is 19.7 Å². The molecule has 4 nitrogen and oxygen atoms in total. The molecular formula is C18H13BrN4. The van der Waals surface area contributed by atoms with Crippen LogP contribution in [0, 0.1) is 0 Å². The van der Waals surface area contributed by atoms with Gasteiger partial charge in [-0.2, -0.15) is 5.10 Å². The molecule has 2 aromatic carbocycles. The maximum Gasteiger partial charge on any atom is 0.157 e. The summed E-state index contributed by atoms with van der Waals surface area (Å²) in [6.07, 6.45) is 5.73. The maximum absolute atomic E-state index is 4.31. The van der Waals surface area contributed by atoms with Gasteiger partial charge >= 0.3 is 0 Å². The number of rotatable bonds is 3. The number of hydrogen-bond donors (Lipinski definition) is 1. The van der Waals surface area contributed by atoms with Gasteiger partial charge < -0.3 is 4.57 Å². The first-order chi connectivity index (χ1) is 11.3. The molecule has 23 heavy (non-hydrogen) atoms. The third-order valence-electron chi connectivity index (χ3n) is 3.71. The van der Waals surface area contributed by atoms with E-state index < -0.39 is 0 Å². The monoisotopic (exact) mass is 364 g/mol. The first-order valence-corrected chi connectivity index (χ1v) is 7.99. The highest BCUT2D eigenvalue weighted by Gasteiger charge is 2.13. The summed E-state index contributed by atoms with van der Waals surface area (Å²) in [7, 11) is 0. The Morgan fingerprint density at radius 3 is 2.30 bits per heavy atom. The Kier molecular flexibility index (Phi) is 3.55. The zero-order valence-corrected chi connectivity index (χ0v) is 13.7.